The van der Waals surface area contributed by atoms with Gasteiger partial charge in [0.15, 0.2) is 0 Å². The Kier molecular flexibility index (Phi) is 3.37. The number of halogens is 1. The van der Waals surface area contributed by atoms with Crippen molar-refractivity contribution >= 4 is 17.3 Å². The number of phenolic OH excluding ortho intramolecular Hbond substituents is 1. The molecule has 0 fully saturated rings. The molecule has 0 radical (unpaired) electrons. The van der Waals surface area contributed by atoms with Gasteiger partial charge in [-0.3, -0.25) is 4.79 Å². The van der Waals surface area contributed by atoms with Crippen LogP contribution in [-0.4, -0.2) is 11.0 Å². The van der Waals surface area contributed by atoms with Crippen LogP contribution in [0.2, 0.25) is 0 Å². The van der Waals surface area contributed by atoms with Crippen LogP contribution < -0.4 is 11.1 Å². The van der Waals surface area contributed by atoms with Gasteiger partial charge in [-0.15, -0.1) is 0 Å². The number of benzene rings is 2. The third kappa shape index (κ3) is 2.82. The number of rotatable bonds is 2. The van der Waals surface area contributed by atoms with Gasteiger partial charge in [0, 0.05) is 5.56 Å². The molecule has 0 unspecified atom stereocenters. The van der Waals surface area contributed by atoms with E-state index in [4.69, 9.17) is 5.73 Å². The first-order valence-electron chi connectivity index (χ1n) is 5.63. The lowest BCUT2D eigenvalue weighted by Gasteiger charge is -2.10. The van der Waals surface area contributed by atoms with Crippen molar-refractivity contribution in [2.75, 3.05) is 11.1 Å². The molecule has 0 saturated heterocycles. The number of nitrogens with one attached hydrogen (secondary N) is 1. The molecule has 19 heavy (non-hydrogen) atoms. The van der Waals surface area contributed by atoms with E-state index in [1.54, 1.807) is 6.92 Å². The van der Waals surface area contributed by atoms with Gasteiger partial charge >= 0.3 is 0 Å². The molecule has 0 heterocycles. The van der Waals surface area contributed by atoms with Crippen LogP contribution in [0.15, 0.2) is 36.4 Å². The Bertz CT molecular complexity index is 641. The van der Waals surface area contributed by atoms with E-state index in [0.717, 1.165) is 6.07 Å². The van der Waals surface area contributed by atoms with Gasteiger partial charge in [-0.1, -0.05) is 0 Å². The number of aromatic hydroxyl groups is 1. The molecule has 0 aliphatic heterocycles. The molecule has 2 rings (SSSR count). The molecule has 2 aromatic rings. The zero-order chi connectivity index (χ0) is 14.0. The van der Waals surface area contributed by atoms with Crippen molar-refractivity contribution in [2.24, 2.45) is 0 Å². The van der Waals surface area contributed by atoms with Crippen molar-refractivity contribution in [2.45, 2.75) is 6.92 Å². The number of phenols is 1. The van der Waals surface area contributed by atoms with Crippen molar-refractivity contribution in [3.63, 3.8) is 0 Å². The summed E-state index contributed by atoms with van der Waals surface area (Å²) in [6.07, 6.45) is 0. The van der Waals surface area contributed by atoms with Crippen LogP contribution in [0, 0.1) is 12.7 Å². The summed E-state index contributed by atoms with van der Waals surface area (Å²) < 4.78 is 13.1. The standard InChI is InChI=1S/C14H13FN2O2/c1-8-6-10(18)3-4-11(8)14(19)17-13-7-9(15)2-5-12(13)16/h2-7,18H,16H2,1H3,(H,17,19). The minimum absolute atomic E-state index is 0.0827. The average Bonchev–Trinajstić information content (AvgIpc) is 2.33. The number of nitrogen functional groups attached to an aromatic ring is 1. The SMILES string of the molecule is Cc1cc(O)ccc1C(=O)Nc1cc(F)ccc1N. The summed E-state index contributed by atoms with van der Waals surface area (Å²) in [5.74, 6) is -0.805. The predicted octanol–water partition coefficient (Wildman–Crippen LogP) is 2.67. The Morgan fingerprint density at radius 1 is 1.26 bits per heavy atom. The zero-order valence-electron chi connectivity index (χ0n) is 10.3. The van der Waals surface area contributed by atoms with Gasteiger partial charge in [0.25, 0.3) is 5.91 Å². The van der Waals surface area contributed by atoms with E-state index in [-0.39, 0.29) is 17.1 Å². The Labute approximate surface area is 109 Å². The van der Waals surface area contributed by atoms with Crippen LogP contribution >= 0.6 is 0 Å². The second-order valence-corrected chi connectivity index (χ2v) is 4.18. The molecule has 98 valence electrons. The molecule has 1 amide bonds. The van der Waals surface area contributed by atoms with Crippen molar-refractivity contribution in [3.05, 3.63) is 53.3 Å². The Hall–Kier alpha value is -2.56. The quantitative estimate of drug-likeness (QED) is 0.727. The number of anilines is 2. The van der Waals surface area contributed by atoms with Gasteiger partial charge in [-0.2, -0.15) is 0 Å². The minimum Gasteiger partial charge on any atom is -0.508 e. The van der Waals surface area contributed by atoms with E-state index >= 15 is 0 Å². The minimum atomic E-state index is -0.480. The summed E-state index contributed by atoms with van der Waals surface area (Å²) in [6, 6.07) is 8.14. The number of carbonyl (C=O) groups excluding carboxylic acids is 1. The van der Waals surface area contributed by atoms with Crippen LogP contribution in [0.25, 0.3) is 0 Å². The van der Waals surface area contributed by atoms with Crippen LogP contribution in [0.4, 0.5) is 15.8 Å². The maximum atomic E-state index is 13.1. The van der Waals surface area contributed by atoms with Gasteiger partial charge in [0.2, 0.25) is 0 Å². The fourth-order valence-electron chi connectivity index (χ4n) is 1.73. The molecule has 4 N–H and O–H groups in total. The highest BCUT2D eigenvalue weighted by atomic mass is 19.1. The van der Waals surface area contributed by atoms with E-state index in [1.807, 2.05) is 0 Å². The molecule has 5 heteroatoms. The number of nitrogens with two attached hydrogens (primary N) is 1. The summed E-state index contributed by atoms with van der Waals surface area (Å²) in [5.41, 5.74) is 7.17. The molecule has 0 aromatic heterocycles. The first-order chi connectivity index (χ1) is 8.97. The molecule has 0 aliphatic rings. The van der Waals surface area contributed by atoms with Crippen LogP contribution in [0.3, 0.4) is 0 Å². The second-order valence-electron chi connectivity index (χ2n) is 4.18. The fourth-order valence-corrected chi connectivity index (χ4v) is 1.73. The third-order valence-corrected chi connectivity index (χ3v) is 2.72. The van der Waals surface area contributed by atoms with Crippen LogP contribution in [0.5, 0.6) is 5.75 Å². The van der Waals surface area contributed by atoms with Crippen molar-refractivity contribution in [3.8, 4) is 5.75 Å². The van der Waals surface area contributed by atoms with Crippen molar-refractivity contribution < 1.29 is 14.3 Å². The lowest BCUT2D eigenvalue weighted by atomic mass is 10.1. The van der Waals surface area contributed by atoms with E-state index in [1.165, 1.54) is 30.3 Å². The largest absolute Gasteiger partial charge is 0.508 e. The summed E-state index contributed by atoms with van der Waals surface area (Å²) in [6.45, 7) is 1.70. The van der Waals surface area contributed by atoms with Crippen molar-refractivity contribution in [1.82, 2.24) is 0 Å². The smallest absolute Gasteiger partial charge is 0.255 e. The molecular weight excluding hydrogens is 247 g/mol. The topological polar surface area (TPSA) is 75.3 Å². The predicted molar refractivity (Wildman–Crippen MR) is 71.6 cm³/mol. The molecular formula is C14H13FN2O2. The van der Waals surface area contributed by atoms with Gasteiger partial charge < -0.3 is 16.2 Å². The van der Waals surface area contributed by atoms with Gasteiger partial charge in [0.1, 0.15) is 11.6 Å². The normalized spacial score (nSPS) is 10.2. The first-order valence-corrected chi connectivity index (χ1v) is 5.63. The van der Waals surface area contributed by atoms with Crippen LogP contribution in [0.1, 0.15) is 15.9 Å². The highest BCUT2D eigenvalue weighted by Crippen LogP contribution is 2.22. The zero-order valence-corrected chi connectivity index (χ0v) is 10.3. The Morgan fingerprint density at radius 2 is 2.00 bits per heavy atom. The molecule has 0 atom stereocenters. The number of aryl methyl sites for hydroxylation is 1. The first kappa shape index (κ1) is 12.9. The lowest BCUT2D eigenvalue weighted by Crippen LogP contribution is -2.14. The van der Waals surface area contributed by atoms with Gasteiger partial charge in [-0.05, 0) is 48.9 Å². The monoisotopic (exact) mass is 260 g/mol. The van der Waals surface area contributed by atoms with E-state index in [2.05, 4.69) is 5.32 Å². The summed E-state index contributed by atoms with van der Waals surface area (Å²) in [7, 11) is 0. The summed E-state index contributed by atoms with van der Waals surface area (Å²) in [4.78, 5) is 12.0. The maximum absolute atomic E-state index is 13.1. The lowest BCUT2D eigenvalue weighted by molar-refractivity contribution is 0.102. The molecule has 0 aliphatic carbocycles. The molecule has 0 bridgehead atoms. The Morgan fingerprint density at radius 3 is 2.68 bits per heavy atom. The maximum Gasteiger partial charge on any atom is 0.255 e. The average molecular weight is 260 g/mol. The number of carbonyl (C=O) groups is 1. The third-order valence-electron chi connectivity index (χ3n) is 2.72. The molecule has 4 nitrogen and oxygen atoms in total. The van der Waals surface area contributed by atoms with Gasteiger partial charge in [-0.25, -0.2) is 4.39 Å². The highest BCUT2D eigenvalue weighted by molar-refractivity contribution is 6.06. The number of hydrogen-bond acceptors (Lipinski definition) is 3. The van der Waals surface area contributed by atoms with E-state index in [0.29, 0.717) is 11.1 Å². The summed E-state index contributed by atoms with van der Waals surface area (Å²) >= 11 is 0. The van der Waals surface area contributed by atoms with Crippen LogP contribution in [-0.2, 0) is 0 Å². The molecule has 0 saturated carbocycles. The summed E-state index contributed by atoms with van der Waals surface area (Å²) in [5, 5.41) is 11.8. The fraction of sp³-hybridized carbons (Fsp3) is 0.0714. The molecule has 2 aromatic carbocycles. The second kappa shape index (κ2) is 4.97. The Balaban J connectivity index is 2.28. The van der Waals surface area contributed by atoms with E-state index in [9.17, 15) is 14.3 Å². The highest BCUT2D eigenvalue weighted by Gasteiger charge is 2.11. The van der Waals surface area contributed by atoms with E-state index < -0.39 is 11.7 Å². The number of amides is 1. The van der Waals surface area contributed by atoms with Gasteiger partial charge in [0.05, 0.1) is 11.4 Å². The molecule has 0 spiro atoms. The number of hydrogen-bond donors (Lipinski definition) is 3. The van der Waals surface area contributed by atoms with Crippen molar-refractivity contribution in [1.29, 1.82) is 0 Å².